The van der Waals surface area contributed by atoms with Gasteiger partial charge in [0.2, 0.25) is 0 Å². The quantitative estimate of drug-likeness (QED) is 0.890. The SMILES string of the molecule is CCNC1CCN(c2ccc(F)c(OC)c2)CC1. The Bertz CT molecular complexity index is 389. The molecule has 1 N–H and O–H groups in total. The number of hydrogen-bond donors (Lipinski definition) is 1. The van der Waals surface area contributed by atoms with E-state index in [0.29, 0.717) is 11.8 Å². The van der Waals surface area contributed by atoms with Gasteiger partial charge in [-0.25, -0.2) is 4.39 Å². The Morgan fingerprint density at radius 3 is 2.72 bits per heavy atom. The van der Waals surface area contributed by atoms with Crippen molar-refractivity contribution >= 4 is 5.69 Å². The maximum atomic E-state index is 13.3. The van der Waals surface area contributed by atoms with Gasteiger partial charge in [0.25, 0.3) is 0 Å². The molecule has 1 heterocycles. The lowest BCUT2D eigenvalue weighted by molar-refractivity contribution is 0.385. The lowest BCUT2D eigenvalue weighted by Crippen LogP contribution is -2.42. The summed E-state index contributed by atoms with van der Waals surface area (Å²) in [6, 6.07) is 5.70. The maximum absolute atomic E-state index is 13.3. The van der Waals surface area contributed by atoms with Crippen molar-refractivity contribution < 1.29 is 9.13 Å². The van der Waals surface area contributed by atoms with Gasteiger partial charge in [-0.1, -0.05) is 6.92 Å². The van der Waals surface area contributed by atoms with Crippen molar-refractivity contribution in [3.05, 3.63) is 24.0 Å². The molecular weight excluding hydrogens is 231 g/mol. The summed E-state index contributed by atoms with van der Waals surface area (Å²) in [5.41, 5.74) is 1.04. The highest BCUT2D eigenvalue weighted by Gasteiger charge is 2.19. The zero-order chi connectivity index (χ0) is 13.0. The highest BCUT2D eigenvalue weighted by molar-refractivity contribution is 5.51. The molecule has 3 nitrogen and oxygen atoms in total. The Morgan fingerprint density at radius 1 is 1.39 bits per heavy atom. The van der Waals surface area contributed by atoms with E-state index in [0.717, 1.165) is 38.2 Å². The average molecular weight is 252 g/mol. The van der Waals surface area contributed by atoms with Crippen LogP contribution in [0.2, 0.25) is 0 Å². The van der Waals surface area contributed by atoms with Gasteiger partial charge in [-0.15, -0.1) is 0 Å². The summed E-state index contributed by atoms with van der Waals surface area (Å²) >= 11 is 0. The van der Waals surface area contributed by atoms with Crippen LogP contribution in [0.5, 0.6) is 5.75 Å². The molecule has 0 aliphatic carbocycles. The van der Waals surface area contributed by atoms with Crippen LogP contribution in [0.1, 0.15) is 19.8 Å². The molecule has 0 radical (unpaired) electrons. The molecular formula is C14H21FN2O. The monoisotopic (exact) mass is 252 g/mol. The van der Waals surface area contributed by atoms with Crippen molar-refractivity contribution in [1.82, 2.24) is 5.32 Å². The van der Waals surface area contributed by atoms with Crippen LogP contribution in [0.25, 0.3) is 0 Å². The number of anilines is 1. The van der Waals surface area contributed by atoms with Gasteiger partial charge in [-0.2, -0.15) is 0 Å². The van der Waals surface area contributed by atoms with Gasteiger partial charge < -0.3 is 15.0 Å². The van der Waals surface area contributed by atoms with Gasteiger partial charge >= 0.3 is 0 Å². The summed E-state index contributed by atoms with van der Waals surface area (Å²) in [5, 5.41) is 3.48. The predicted octanol–water partition coefficient (Wildman–Crippen LogP) is 2.41. The Morgan fingerprint density at radius 2 is 2.11 bits per heavy atom. The lowest BCUT2D eigenvalue weighted by atomic mass is 10.0. The van der Waals surface area contributed by atoms with E-state index in [9.17, 15) is 4.39 Å². The second kappa shape index (κ2) is 6.05. The minimum atomic E-state index is -0.302. The van der Waals surface area contributed by atoms with Crippen molar-refractivity contribution in [2.75, 3.05) is 31.6 Å². The fourth-order valence-electron chi connectivity index (χ4n) is 2.48. The third-order valence-electron chi connectivity index (χ3n) is 3.49. The molecule has 0 aromatic heterocycles. The highest BCUT2D eigenvalue weighted by Crippen LogP contribution is 2.26. The molecule has 0 bridgehead atoms. The number of ether oxygens (including phenoxy) is 1. The Labute approximate surface area is 108 Å². The predicted molar refractivity (Wildman–Crippen MR) is 71.9 cm³/mol. The molecule has 0 unspecified atom stereocenters. The van der Waals surface area contributed by atoms with Crippen LogP contribution in [0.15, 0.2) is 18.2 Å². The van der Waals surface area contributed by atoms with E-state index in [2.05, 4.69) is 17.1 Å². The topological polar surface area (TPSA) is 24.5 Å². The van der Waals surface area contributed by atoms with Crippen molar-refractivity contribution in [1.29, 1.82) is 0 Å². The average Bonchev–Trinajstić information content (AvgIpc) is 2.41. The molecule has 100 valence electrons. The molecule has 0 saturated carbocycles. The summed E-state index contributed by atoms with van der Waals surface area (Å²) in [4.78, 5) is 2.29. The van der Waals surface area contributed by atoms with Crippen LogP contribution in [0.3, 0.4) is 0 Å². The zero-order valence-corrected chi connectivity index (χ0v) is 11.1. The van der Waals surface area contributed by atoms with Gasteiger partial charge in [-0.3, -0.25) is 0 Å². The molecule has 1 aliphatic rings. The van der Waals surface area contributed by atoms with E-state index in [1.807, 2.05) is 6.07 Å². The minimum Gasteiger partial charge on any atom is -0.494 e. The number of halogens is 1. The largest absolute Gasteiger partial charge is 0.494 e. The summed E-state index contributed by atoms with van der Waals surface area (Å²) in [5.74, 6) is 0.0186. The number of nitrogens with zero attached hydrogens (tertiary/aromatic N) is 1. The molecule has 1 saturated heterocycles. The second-order valence-electron chi connectivity index (χ2n) is 4.64. The second-order valence-corrected chi connectivity index (χ2v) is 4.64. The number of piperidine rings is 1. The molecule has 1 aromatic carbocycles. The van der Waals surface area contributed by atoms with Crippen LogP contribution in [0.4, 0.5) is 10.1 Å². The first-order valence-corrected chi connectivity index (χ1v) is 6.56. The number of methoxy groups -OCH3 is 1. The molecule has 1 aromatic rings. The summed E-state index contributed by atoms with van der Waals surface area (Å²) < 4.78 is 18.4. The summed E-state index contributed by atoms with van der Waals surface area (Å²) in [7, 11) is 1.50. The van der Waals surface area contributed by atoms with Crippen LogP contribution in [-0.2, 0) is 0 Å². The van der Waals surface area contributed by atoms with E-state index < -0.39 is 0 Å². The summed E-state index contributed by atoms with van der Waals surface area (Å²) in [6.07, 6.45) is 2.26. The molecule has 2 rings (SSSR count). The van der Waals surface area contributed by atoms with E-state index >= 15 is 0 Å². The van der Waals surface area contributed by atoms with Crippen LogP contribution in [-0.4, -0.2) is 32.8 Å². The number of hydrogen-bond acceptors (Lipinski definition) is 3. The van der Waals surface area contributed by atoms with Crippen molar-refractivity contribution in [2.24, 2.45) is 0 Å². The third-order valence-corrected chi connectivity index (χ3v) is 3.49. The molecule has 0 amide bonds. The molecule has 4 heteroatoms. The van der Waals surface area contributed by atoms with Crippen molar-refractivity contribution in [2.45, 2.75) is 25.8 Å². The van der Waals surface area contributed by atoms with Crippen LogP contribution >= 0.6 is 0 Å². The molecule has 1 aliphatic heterocycles. The van der Waals surface area contributed by atoms with E-state index in [1.54, 1.807) is 6.07 Å². The standard InChI is InChI=1S/C14H21FN2O/c1-3-16-11-6-8-17(9-7-11)12-4-5-13(15)14(10-12)18-2/h4-5,10-11,16H,3,6-9H2,1-2H3. The molecule has 18 heavy (non-hydrogen) atoms. The van der Waals surface area contributed by atoms with Crippen molar-refractivity contribution in [3.63, 3.8) is 0 Å². The van der Waals surface area contributed by atoms with Crippen LogP contribution < -0.4 is 15.0 Å². The highest BCUT2D eigenvalue weighted by atomic mass is 19.1. The van der Waals surface area contributed by atoms with Gasteiger partial charge in [-0.05, 0) is 31.5 Å². The normalized spacial score (nSPS) is 16.9. The molecule has 0 spiro atoms. The first-order valence-electron chi connectivity index (χ1n) is 6.56. The van der Waals surface area contributed by atoms with Gasteiger partial charge in [0, 0.05) is 30.9 Å². The Balaban J connectivity index is 2.01. The maximum Gasteiger partial charge on any atom is 0.165 e. The molecule has 0 atom stereocenters. The lowest BCUT2D eigenvalue weighted by Gasteiger charge is -2.34. The minimum absolute atomic E-state index is 0.302. The first-order chi connectivity index (χ1) is 8.74. The van der Waals surface area contributed by atoms with E-state index in [1.165, 1.54) is 13.2 Å². The fourth-order valence-corrected chi connectivity index (χ4v) is 2.48. The molecule has 1 fully saturated rings. The first kappa shape index (κ1) is 13.1. The van der Waals surface area contributed by atoms with Gasteiger partial charge in [0.1, 0.15) is 0 Å². The van der Waals surface area contributed by atoms with E-state index in [-0.39, 0.29) is 5.82 Å². The Kier molecular flexibility index (Phi) is 4.42. The zero-order valence-electron chi connectivity index (χ0n) is 11.1. The van der Waals surface area contributed by atoms with E-state index in [4.69, 9.17) is 4.74 Å². The summed E-state index contributed by atoms with van der Waals surface area (Å²) in [6.45, 7) is 5.17. The smallest absolute Gasteiger partial charge is 0.165 e. The van der Waals surface area contributed by atoms with Crippen LogP contribution in [0, 0.1) is 5.82 Å². The van der Waals surface area contributed by atoms with Gasteiger partial charge in [0.05, 0.1) is 7.11 Å². The Hall–Kier alpha value is -1.29. The fraction of sp³-hybridized carbons (Fsp3) is 0.571. The van der Waals surface area contributed by atoms with Crippen molar-refractivity contribution in [3.8, 4) is 5.75 Å². The number of nitrogens with one attached hydrogen (secondary N) is 1. The van der Waals surface area contributed by atoms with Gasteiger partial charge in [0.15, 0.2) is 11.6 Å². The number of benzene rings is 1. The third kappa shape index (κ3) is 2.93. The number of rotatable bonds is 4.